The van der Waals surface area contributed by atoms with E-state index in [1.165, 1.54) is 55.4 Å². The Bertz CT molecular complexity index is 1300. The van der Waals surface area contributed by atoms with Crippen molar-refractivity contribution in [2.45, 2.75) is 65.7 Å². The maximum absolute atomic E-state index is 13.6. The fourth-order valence-electron chi connectivity index (χ4n) is 7.63. The summed E-state index contributed by atoms with van der Waals surface area (Å²) in [7, 11) is 0. The van der Waals surface area contributed by atoms with E-state index < -0.39 is 0 Å². The first kappa shape index (κ1) is 22.5. The van der Waals surface area contributed by atoms with E-state index in [9.17, 15) is 4.79 Å². The van der Waals surface area contributed by atoms with E-state index in [1.807, 2.05) is 30.3 Å². The molecule has 1 aromatic heterocycles. The van der Waals surface area contributed by atoms with Crippen LogP contribution in [0.2, 0.25) is 0 Å². The number of hydrogen-bond acceptors (Lipinski definition) is 3. The van der Waals surface area contributed by atoms with Crippen LogP contribution in [0.4, 0.5) is 0 Å². The number of carbonyl (C=O) groups excluding carboxylic acids is 1. The first-order chi connectivity index (χ1) is 16.9. The maximum Gasteiger partial charge on any atom is 0.272 e. The molecule has 1 heterocycles. The van der Waals surface area contributed by atoms with Crippen molar-refractivity contribution in [3.63, 3.8) is 0 Å². The summed E-state index contributed by atoms with van der Waals surface area (Å²) in [5.74, 6) is 2.43. The van der Waals surface area contributed by atoms with E-state index in [-0.39, 0.29) is 11.3 Å². The van der Waals surface area contributed by atoms with Crippen LogP contribution in [-0.4, -0.2) is 16.6 Å². The number of pyridine rings is 1. The molecule has 4 fully saturated rings. The van der Waals surface area contributed by atoms with Crippen LogP contribution in [0.25, 0.3) is 22.2 Å². The molecular formula is C31H35N3O. The van der Waals surface area contributed by atoms with Crippen LogP contribution in [-0.2, 0) is 0 Å². The fraction of sp³-hybridized carbons (Fsp3) is 0.452. The molecule has 2 aromatic carbocycles. The average Bonchev–Trinajstić information content (AvgIpc) is 2.84. The van der Waals surface area contributed by atoms with Crippen molar-refractivity contribution in [3.05, 3.63) is 65.2 Å². The lowest BCUT2D eigenvalue weighted by Gasteiger charge is -2.57. The minimum Gasteiger partial charge on any atom is -0.267 e. The second kappa shape index (κ2) is 8.58. The van der Waals surface area contributed by atoms with Crippen molar-refractivity contribution in [2.75, 3.05) is 0 Å². The van der Waals surface area contributed by atoms with Crippen LogP contribution in [0, 0.1) is 37.0 Å². The molecule has 7 rings (SSSR count). The number of nitrogens with one attached hydrogen (secondary N) is 1. The smallest absolute Gasteiger partial charge is 0.267 e. The van der Waals surface area contributed by atoms with E-state index in [0.717, 1.165) is 46.3 Å². The summed E-state index contributed by atoms with van der Waals surface area (Å²) in [5.41, 5.74) is 10.2. The normalized spacial score (nSPS) is 27.4. The number of fused-ring (bicyclic) bond motifs is 1. The number of rotatable bonds is 5. The van der Waals surface area contributed by atoms with E-state index in [1.54, 1.807) is 0 Å². The molecule has 4 nitrogen and oxygen atoms in total. The maximum atomic E-state index is 13.6. The number of aryl methyl sites for hydroxylation is 2. The molecule has 0 aliphatic heterocycles. The van der Waals surface area contributed by atoms with Gasteiger partial charge in [0.05, 0.1) is 16.8 Å². The zero-order valence-corrected chi connectivity index (χ0v) is 21.1. The van der Waals surface area contributed by atoms with Gasteiger partial charge in [-0.15, -0.1) is 0 Å². The van der Waals surface area contributed by atoms with E-state index in [2.05, 4.69) is 44.4 Å². The topological polar surface area (TPSA) is 54.4 Å². The quantitative estimate of drug-likeness (QED) is 0.319. The number of benzene rings is 2. The molecule has 4 aliphatic carbocycles. The van der Waals surface area contributed by atoms with Gasteiger partial charge in [0.15, 0.2) is 0 Å². The standard InChI is InChI=1S/C31H35N3O/c1-4-29(31-16-21-12-22(17-31)14-23(13-21)18-31)33-34-30(35)26-15-28(24-10-9-19(2)20(3)11-24)32-27-8-6-5-7-25(26)27/h5-11,15,21-23H,4,12-14,16-18H2,1-3H3,(H,34,35). The molecule has 1 N–H and O–H groups in total. The Labute approximate surface area is 208 Å². The monoisotopic (exact) mass is 465 g/mol. The lowest BCUT2D eigenvalue weighted by Crippen LogP contribution is -2.50. The largest absolute Gasteiger partial charge is 0.272 e. The number of hydrazone groups is 1. The fourth-order valence-corrected chi connectivity index (χ4v) is 7.63. The molecule has 4 heteroatoms. The van der Waals surface area contributed by atoms with Gasteiger partial charge in [0.1, 0.15) is 0 Å². The first-order valence-corrected chi connectivity index (χ1v) is 13.3. The van der Waals surface area contributed by atoms with E-state index in [0.29, 0.717) is 5.56 Å². The summed E-state index contributed by atoms with van der Waals surface area (Å²) >= 11 is 0. The van der Waals surface area contributed by atoms with Crippen molar-refractivity contribution in [1.29, 1.82) is 0 Å². The van der Waals surface area contributed by atoms with E-state index in [4.69, 9.17) is 10.1 Å². The summed E-state index contributed by atoms with van der Waals surface area (Å²) in [6.45, 7) is 6.42. The predicted molar refractivity (Wildman–Crippen MR) is 142 cm³/mol. The number of amides is 1. The lowest BCUT2D eigenvalue weighted by molar-refractivity contribution is -0.0134. The molecule has 0 radical (unpaired) electrons. The Morgan fingerprint density at radius 1 is 0.971 bits per heavy atom. The van der Waals surface area contributed by atoms with Gasteiger partial charge in [-0.2, -0.15) is 5.10 Å². The van der Waals surface area contributed by atoms with Crippen LogP contribution in [0.3, 0.4) is 0 Å². The summed E-state index contributed by atoms with van der Waals surface area (Å²) < 4.78 is 0. The number of nitrogens with zero attached hydrogens (tertiary/aromatic N) is 2. The molecule has 4 aliphatic rings. The molecule has 0 saturated heterocycles. The molecule has 4 saturated carbocycles. The minimum atomic E-state index is -0.149. The van der Waals surface area contributed by atoms with Crippen LogP contribution >= 0.6 is 0 Å². The van der Waals surface area contributed by atoms with Gasteiger partial charge in [-0.1, -0.05) is 37.3 Å². The first-order valence-electron chi connectivity index (χ1n) is 13.3. The number of carbonyl (C=O) groups is 1. The summed E-state index contributed by atoms with van der Waals surface area (Å²) in [5, 5.41) is 5.70. The Hall–Kier alpha value is -3.01. The van der Waals surface area contributed by atoms with Crippen LogP contribution in [0.15, 0.2) is 53.6 Å². The molecule has 0 atom stereocenters. The third kappa shape index (κ3) is 3.97. The van der Waals surface area contributed by atoms with Crippen LogP contribution < -0.4 is 5.43 Å². The van der Waals surface area contributed by atoms with Crippen molar-refractivity contribution in [3.8, 4) is 11.3 Å². The lowest BCUT2D eigenvalue weighted by atomic mass is 9.48. The molecule has 0 unspecified atom stereocenters. The summed E-state index contributed by atoms with van der Waals surface area (Å²) in [4.78, 5) is 18.4. The predicted octanol–water partition coefficient (Wildman–Crippen LogP) is 7.23. The molecule has 35 heavy (non-hydrogen) atoms. The second-order valence-electron chi connectivity index (χ2n) is 11.4. The van der Waals surface area contributed by atoms with Gasteiger partial charge >= 0.3 is 0 Å². The Kier molecular flexibility index (Phi) is 5.51. The second-order valence-corrected chi connectivity index (χ2v) is 11.4. The van der Waals surface area contributed by atoms with Gasteiger partial charge in [0, 0.05) is 22.1 Å². The molecule has 1 amide bonds. The molecule has 3 aromatic rings. The van der Waals surface area contributed by atoms with Crippen molar-refractivity contribution < 1.29 is 4.79 Å². The zero-order valence-electron chi connectivity index (χ0n) is 21.1. The number of hydrogen-bond donors (Lipinski definition) is 1. The molecule has 180 valence electrons. The third-order valence-electron chi connectivity index (χ3n) is 9.04. The van der Waals surface area contributed by atoms with Crippen LogP contribution in [0.5, 0.6) is 0 Å². The van der Waals surface area contributed by atoms with Gasteiger partial charge in [0.25, 0.3) is 5.91 Å². The summed E-state index contributed by atoms with van der Waals surface area (Å²) in [6.07, 6.45) is 8.91. The molecular weight excluding hydrogens is 430 g/mol. The average molecular weight is 466 g/mol. The highest BCUT2D eigenvalue weighted by Gasteiger charge is 2.52. The molecule has 4 bridgehead atoms. The van der Waals surface area contributed by atoms with Gasteiger partial charge in [0.2, 0.25) is 0 Å². The minimum absolute atomic E-state index is 0.149. The van der Waals surface area contributed by atoms with E-state index >= 15 is 0 Å². The Morgan fingerprint density at radius 3 is 2.31 bits per heavy atom. The summed E-state index contributed by atoms with van der Waals surface area (Å²) in [6, 6.07) is 16.2. The van der Waals surface area contributed by atoms with Crippen molar-refractivity contribution in [1.82, 2.24) is 10.4 Å². The highest BCUT2D eigenvalue weighted by molar-refractivity contribution is 6.07. The Morgan fingerprint density at radius 2 is 1.66 bits per heavy atom. The van der Waals surface area contributed by atoms with Gasteiger partial charge < -0.3 is 0 Å². The van der Waals surface area contributed by atoms with Gasteiger partial charge in [-0.25, -0.2) is 10.4 Å². The Balaban J connectivity index is 1.34. The van der Waals surface area contributed by atoms with Gasteiger partial charge in [-0.05, 0) is 106 Å². The van der Waals surface area contributed by atoms with Crippen molar-refractivity contribution >= 4 is 22.5 Å². The SMILES string of the molecule is CCC(=NNC(=O)c1cc(-c2ccc(C)c(C)c2)nc2ccccc12)C12CC3CC(CC(C3)C1)C2. The highest BCUT2D eigenvalue weighted by Crippen LogP contribution is 2.60. The third-order valence-corrected chi connectivity index (χ3v) is 9.04. The zero-order chi connectivity index (χ0) is 24.2. The molecule has 0 spiro atoms. The number of aromatic nitrogens is 1. The number of para-hydroxylation sites is 1. The van der Waals surface area contributed by atoms with Crippen LogP contribution in [0.1, 0.15) is 73.4 Å². The highest BCUT2D eigenvalue weighted by atomic mass is 16.2. The van der Waals surface area contributed by atoms with Gasteiger partial charge in [-0.3, -0.25) is 4.79 Å². The van der Waals surface area contributed by atoms with Crippen molar-refractivity contribution in [2.24, 2.45) is 28.3 Å².